The molecule has 4 rings (SSSR count). The largest absolute Gasteiger partial charge is 0.353 e. The van der Waals surface area contributed by atoms with E-state index in [1.807, 2.05) is 37.3 Å². The van der Waals surface area contributed by atoms with E-state index in [-0.39, 0.29) is 23.6 Å². The summed E-state index contributed by atoms with van der Waals surface area (Å²) in [7, 11) is 0. The van der Waals surface area contributed by atoms with E-state index in [9.17, 15) is 14.9 Å². The maximum absolute atomic E-state index is 13.3. The summed E-state index contributed by atoms with van der Waals surface area (Å²) in [5, 5.41) is 19.7. The van der Waals surface area contributed by atoms with Crippen LogP contribution in [0.1, 0.15) is 31.2 Å². The highest BCUT2D eigenvalue weighted by Gasteiger charge is 2.35. The van der Waals surface area contributed by atoms with Crippen LogP contribution in [0.5, 0.6) is 0 Å². The van der Waals surface area contributed by atoms with E-state index in [0.717, 1.165) is 18.4 Å². The second-order valence-electron chi connectivity index (χ2n) is 7.68. The SMILES string of the molecule is CC1=C(C(=O)Nc2ccccc2)[C@H](c2ccncc2)C(C#N)=C(SCC(=O)NC2CC2)N1. The first-order chi connectivity index (χ1) is 15.6. The van der Waals surface area contributed by atoms with Crippen LogP contribution in [0.3, 0.4) is 0 Å². The lowest BCUT2D eigenvalue weighted by Crippen LogP contribution is -2.32. The molecule has 2 heterocycles. The molecule has 1 aliphatic carbocycles. The van der Waals surface area contributed by atoms with E-state index in [1.165, 1.54) is 11.8 Å². The van der Waals surface area contributed by atoms with Crippen LogP contribution >= 0.6 is 11.8 Å². The van der Waals surface area contributed by atoms with Crippen LogP contribution in [0.4, 0.5) is 5.69 Å². The van der Waals surface area contributed by atoms with E-state index in [1.54, 1.807) is 24.5 Å². The summed E-state index contributed by atoms with van der Waals surface area (Å²) in [6.07, 6.45) is 5.33. The highest BCUT2D eigenvalue weighted by Crippen LogP contribution is 2.40. The number of para-hydroxylation sites is 1. The number of nitrogens with zero attached hydrogens (tertiary/aromatic N) is 2. The number of pyridine rings is 1. The average Bonchev–Trinajstić information content (AvgIpc) is 3.62. The Bertz CT molecular complexity index is 1120. The minimum absolute atomic E-state index is 0.0567. The first kappa shape index (κ1) is 21.7. The minimum atomic E-state index is -0.568. The van der Waals surface area contributed by atoms with Crippen LogP contribution in [-0.2, 0) is 9.59 Å². The summed E-state index contributed by atoms with van der Waals surface area (Å²) in [5.41, 5.74) is 2.97. The van der Waals surface area contributed by atoms with Gasteiger partial charge in [0, 0.05) is 35.4 Å². The molecule has 0 radical (unpaired) electrons. The highest BCUT2D eigenvalue weighted by atomic mass is 32.2. The summed E-state index contributed by atoms with van der Waals surface area (Å²) in [6, 6.07) is 15.4. The number of hydrogen-bond donors (Lipinski definition) is 3. The van der Waals surface area contributed by atoms with Crippen molar-refractivity contribution in [3.8, 4) is 6.07 Å². The predicted octanol–water partition coefficient (Wildman–Crippen LogP) is 3.43. The van der Waals surface area contributed by atoms with Gasteiger partial charge in [-0.2, -0.15) is 5.26 Å². The van der Waals surface area contributed by atoms with Gasteiger partial charge in [-0.3, -0.25) is 14.6 Å². The van der Waals surface area contributed by atoms with Gasteiger partial charge in [-0.25, -0.2) is 0 Å². The van der Waals surface area contributed by atoms with Gasteiger partial charge >= 0.3 is 0 Å². The number of aromatic nitrogens is 1. The second kappa shape index (κ2) is 9.71. The molecular weight excluding hydrogens is 422 g/mol. The molecule has 1 fully saturated rings. The quantitative estimate of drug-likeness (QED) is 0.603. The van der Waals surface area contributed by atoms with Crippen LogP contribution in [-0.4, -0.2) is 28.6 Å². The number of nitriles is 1. The Labute approximate surface area is 191 Å². The molecule has 1 aliphatic heterocycles. The molecule has 8 heteroatoms. The van der Waals surface area contributed by atoms with Gasteiger partial charge in [0.25, 0.3) is 5.91 Å². The molecule has 1 atom stereocenters. The first-order valence-corrected chi connectivity index (χ1v) is 11.4. The number of amides is 2. The number of benzene rings is 1. The van der Waals surface area contributed by atoms with Crippen molar-refractivity contribution >= 4 is 29.3 Å². The minimum Gasteiger partial charge on any atom is -0.353 e. The molecule has 0 saturated heterocycles. The lowest BCUT2D eigenvalue weighted by Gasteiger charge is -2.29. The Morgan fingerprint density at radius 1 is 1.19 bits per heavy atom. The van der Waals surface area contributed by atoms with E-state index >= 15 is 0 Å². The number of rotatable bonds is 7. The maximum Gasteiger partial charge on any atom is 0.254 e. The number of hydrogen-bond acceptors (Lipinski definition) is 6. The van der Waals surface area contributed by atoms with E-state index < -0.39 is 5.92 Å². The van der Waals surface area contributed by atoms with Gasteiger partial charge in [0.15, 0.2) is 0 Å². The highest BCUT2D eigenvalue weighted by molar-refractivity contribution is 8.03. The maximum atomic E-state index is 13.3. The van der Waals surface area contributed by atoms with Crippen molar-refractivity contribution in [1.29, 1.82) is 5.26 Å². The fourth-order valence-corrected chi connectivity index (χ4v) is 4.47. The van der Waals surface area contributed by atoms with Gasteiger partial charge in [0.2, 0.25) is 5.91 Å². The number of carbonyl (C=O) groups excluding carboxylic acids is 2. The normalized spacial score (nSPS) is 17.9. The molecule has 0 spiro atoms. The fraction of sp³-hybridized carbons (Fsp3) is 0.250. The van der Waals surface area contributed by atoms with Gasteiger partial charge in [0.05, 0.1) is 28.3 Å². The smallest absolute Gasteiger partial charge is 0.254 e. The van der Waals surface area contributed by atoms with Crippen LogP contribution in [0.2, 0.25) is 0 Å². The molecule has 1 aromatic heterocycles. The topological polar surface area (TPSA) is 107 Å². The Morgan fingerprint density at radius 3 is 2.56 bits per heavy atom. The zero-order valence-corrected chi connectivity index (χ0v) is 18.4. The van der Waals surface area contributed by atoms with Gasteiger partial charge < -0.3 is 16.0 Å². The van der Waals surface area contributed by atoms with Crippen LogP contribution < -0.4 is 16.0 Å². The summed E-state index contributed by atoms with van der Waals surface area (Å²) in [4.78, 5) is 29.6. The fourth-order valence-electron chi connectivity index (χ4n) is 3.57. The van der Waals surface area contributed by atoms with Crippen molar-refractivity contribution in [2.45, 2.75) is 31.7 Å². The standard InChI is InChI=1S/C24H23N5O2S/c1-15-21(23(31)29-17-5-3-2-4-6-17)22(16-9-11-26-12-10-16)19(13-25)24(27-15)32-14-20(30)28-18-7-8-18/h2-6,9-12,18,22,27H,7-8,14H2,1H3,(H,28,30)(H,29,31)/t22-/m1/s1. The Balaban J connectivity index is 1.64. The molecule has 2 amide bonds. The average molecular weight is 446 g/mol. The Hall–Kier alpha value is -3.57. The molecule has 0 unspecified atom stereocenters. The zero-order valence-electron chi connectivity index (χ0n) is 17.6. The van der Waals surface area contributed by atoms with Crippen molar-refractivity contribution in [2.24, 2.45) is 0 Å². The molecule has 162 valence electrons. The third-order valence-corrected chi connectivity index (χ3v) is 6.27. The zero-order chi connectivity index (χ0) is 22.5. The van der Waals surface area contributed by atoms with Crippen molar-refractivity contribution in [3.63, 3.8) is 0 Å². The number of anilines is 1. The van der Waals surface area contributed by atoms with Gasteiger partial charge in [0.1, 0.15) is 0 Å². The predicted molar refractivity (Wildman–Crippen MR) is 124 cm³/mol. The van der Waals surface area contributed by atoms with Crippen molar-refractivity contribution < 1.29 is 9.59 Å². The summed E-state index contributed by atoms with van der Waals surface area (Å²) < 4.78 is 0. The monoisotopic (exact) mass is 445 g/mol. The van der Waals surface area contributed by atoms with Gasteiger partial charge in [-0.05, 0) is 49.6 Å². The number of thioether (sulfide) groups is 1. The van der Waals surface area contributed by atoms with Crippen molar-refractivity contribution in [2.75, 3.05) is 11.1 Å². The first-order valence-electron chi connectivity index (χ1n) is 10.4. The van der Waals surface area contributed by atoms with Crippen LogP contribution in [0, 0.1) is 11.3 Å². The molecule has 1 saturated carbocycles. The molecule has 3 N–H and O–H groups in total. The molecule has 32 heavy (non-hydrogen) atoms. The molecule has 0 bridgehead atoms. The summed E-state index contributed by atoms with van der Waals surface area (Å²) >= 11 is 1.28. The Kier molecular flexibility index (Phi) is 6.57. The van der Waals surface area contributed by atoms with Gasteiger partial charge in [-0.15, -0.1) is 0 Å². The van der Waals surface area contributed by atoms with Crippen LogP contribution in [0.15, 0.2) is 76.7 Å². The van der Waals surface area contributed by atoms with Crippen molar-refractivity contribution in [1.82, 2.24) is 15.6 Å². The van der Waals surface area contributed by atoms with E-state index in [4.69, 9.17) is 0 Å². The number of carbonyl (C=O) groups is 2. The van der Waals surface area contributed by atoms with Gasteiger partial charge in [-0.1, -0.05) is 30.0 Å². The summed E-state index contributed by atoms with van der Waals surface area (Å²) in [6.45, 7) is 1.81. The number of nitrogens with one attached hydrogen (secondary N) is 3. The van der Waals surface area contributed by atoms with Crippen LogP contribution in [0.25, 0.3) is 0 Å². The van der Waals surface area contributed by atoms with E-state index in [0.29, 0.717) is 27.6 Å². The summed E-state index contributed by atoms with van der Waals surface area (Å²) in [5.74, 6) is -0.710. The molecule has 2 aromatic rings. The lowest BCUT2D eigenvalue weighted by molar-refractivity contribution is -0.118. The third-order valence-electron chi connectivity index (χ3n) is 5.25. The molecule has 1 aromatic carbocycles. The Morgan fingerprint density at radius 2 is 1.91 bits per heavy atom. The molecule has 2 aliphatic rings. The second-order valence-corrected chi connectivity index (χ2v) is 8.67. The number of dihydropyridines is 1. The van der Waals surface area contributed by atoms with Crippen molar-refractivity contribution in [3.05, 3.63) is 82.3 Å². The molecule has 7 nitrogen and oxygen atoms in total. The number of allylic oxidation sites excluding steroid dienone is 2. The third kappa shape index (κ3) is 5.01. The lowest BCUT2D eigenvalue weighted by atomic mass is 9.82. The van der Waals surface area contributed by atoms with E-state index in [2.05, 4.69) is 27.0 Å². The molecular formula is C24H23N5O2S.